The Balaban J connectivity index is 0.00000242. The number of nitrogens with one attached hydrogen (secondary N) is 1. The summed E-state index contributed by atoms with van der Waals surface area (Å²) in [6.45, 7) is 25.3. The molecule has 0 radical (unpaired) electrons. The molecule has 0 bridgehead atoms. The van der Waals surface area contributed by atoms with E-state index in [0.717, 1.165) is 17.6 Å². The molecule has 1 heterocycles. The van der Waals surface area contributed by atoms with E-state index in [1.54, 1.807) is 17.1 Å². The summed E-state index contributed by atoms with van der Waals surface area (Å²) in [5, 5.41) is 2.69. The summed E-state index contributed by atoms with van der Waals surface area (Å²) in [6, 6.07) is 0. The second kappa shape index (κ2) is 13.8. The van der Waals surface area contributed by atoms with E-state index in [1.807, 2.05) is 47.6 Å². The Bertz CT molecular complexity index is 845. The molecule has 0 unspecified atom stereocenters. The number of hydrogen-bond acceptors (Lipinski definition) is 2. The van der Waals surface area contributed by atoms with Gasteiger partial charge in [0.25, 0.3) is 0 Å². The Morgan fingerprint density at radius 3 is 2.12 bits per heavy atom. The van der Waals surface area contributed by atoms with Crippen LogP contribution in [0.4, 0.5) is 0 Å². The van der Waals surface area contributed by atoms with Crippen LogP contribution >= 0.6 is 0 Å². The van der Waals surface area contributed by atoms with E-state index in [-0.39, 0.29) is 10.8 Å². The highest BCUT2D eigenvalue weighted by molar-refractivity contribution is 6.35. The van der Waals surface area contributed by atoms with Crippen LogP contribution < -0.4 is 5.32 Å². The van der Waals surface area contributed by atoms with Crippen LogP contribution in [0.2, 0.25) is 0 Å². The van der Waals surface area contributed by atoms with Gasteiger partial charge in [-0.15, -0.1) is 0 Å². The molecule has 0 saturated carbocycles. The summed E-state index contributed by atoms with van der Waals surface area (Å²) in [5.41, 5.74) is 3.59. The van der Waals surface area contributed by atoms with Gasteiger partial charge in [-0.1, -0.05) is 97.9 Å². The number of rotatable bonds is 3. The average Bonchev–Trinajstić information content (AvgIpc) is 3.06. The fourth-order valence-corrected chi connectivity index (χ4v) is 3.61. The van der Waals surface area contributed by atoms with Crippen molar-refractivity contribution in [1.29, 1.82) is 0 Å². The van der Waals surface area contributed by atoms with Crippen LogP contribution in [-0.4, -0.2) is 29.8 Å². The second-order valence-electron chi connectivity index (χ2n) is 9.17. The Hall–Kier alpha value is -2.62. The Morgan fingerprint density at radius 2 is 1.58 bits per heavy atom. The summed E-state index contributed by atoms with van der Waals surface area (Å²) in [4.78, 5) is 27.5. The van der Waals surface area contributed by atoms with Gasteiger partial charge in [0.15, 0.2) is 0 Å². The molecule has 0 spiro atoms. The van der Waals surface area contributed by atoms with E-state index in [2.05, 4.69) is 63.9 Å². The standard InChI is InChI=1S/C25H34N2O2.2C2H6/c1-8-20(15-14-18(2)3)26-22(28)23(29)27-16-19-12-10-9-11-13-21(19)25(6,7)24(4,5)17-27;2*1-2/h8,10-15H,1,9,16-17H2,2-7H3,(H,26,28);2*1-2H3/b20-15+;;. The van der Waals surface area contributed by atoms with Crippen molar-refractivity contribution in [1.82, 2.24) is 10.2 Å². The molecule has 0 aromatic heterocycles. The zero-order chi connectivity index (χ0) is 25.8. The fraction of sp³-hybridized carbons (Fsp3) is 0.517. The minimum Gasteiger partial charge on any atom is -0.330 e. The highest BCUT2D eigenvalue weighted by Crippen LogP contribution is 2.49. The summed E-state index contributed by atoms with van der Waals surface area (Å²) in [7, 11) is 0. The average molecular weight is 455 g/mol. The summed E-state index contributed by atoms with van der Waals surface area (Å²) in [6.07, 6.45) is 14.6. The molecule has 184 valence electrons. The van der Waals surface area contributed by atoms with Gasteiger partial charge < -0.3 is 10.2 Å². The van der Waals surface area contributed by atoms with E-state index in [0.29, 0.717) is 18.8 Å². The van der Waals surface area contributed by atoms with Crippen molar-refractivity contribution in [3.63, 3.8) is 0 Å². The van der Waals surface area contributed by atoms with Gasteiger partial charge in [-0.05, 0) is 54.4 Å². The molecule has 0 atom stereocenters. The first kappa shape index (κ1) is 30.4. The van der Waals surface area contributed by atoms with Crippen molar-refractivity contribution in [3.05, 3.63) is 71.5 Å². The van der Waals surface area contributed by atoms with Gasteiger partial charge in [0.1, 0.15) is 0 Å². The lowest BCUT2D eigenvalue weighted by Gasteiger charge is -2.43. The molecule has 33 heavy (non-hydrogen) atoms. The van der Waals surface area contributed by atoms with E-state index in [4.69, 9.17) is 0 Å². The van der Waals surface area contributed by atoms with E-state index in [9.17, 15) is 9.59 Å². The van der Waals surface area contributed by atoms with Gasteiger partial charge in [-0.3, -0.25) is 9.59 Å². The predicted octanol–water partition coefficient (Wildman–Crippen LogP) is 6.90. The van der Waals surface area contributed by atoms with Crippen molar-refractivity contribution in [2.24, 2.45) is 10.8 Å². The molecule has 1 aliphatic carbocycles. The monoisotopic (exact) mass is 454 g/mol. The lowest BCUT2D eigenvalue weighted by atomic mass is 9.63. The lowest BCUT2D eigenvalue weighted by Crippen LogP contribution is -2.48. The smallest absolute Gasteiger partial charge is 0.313 e. The van der Waals surface area contributed by atoms with Gasteiger partial charge in [0.2, 0.25) is 0 Å². The Morgan fingerprint density at radius 1 is 1.00 bits per heavy atom. The van der Waals surface area contributed by atoms with E-state index < -0.39 is 11.8 Å². The molecule has 4 heteroatoms. The molecule has 0 saturated heterocycles. The van der Waals surface area contributed by atoms with E-state index >= 15 is 0 Å². The summed E-state index contributed by atoms with van der Waals surface area (Å²) < 4.78 is 0. The van der Waals surface area contributed by atoms with Crippen LogP contribution in [0, 0.1) is 10.8 Å². The first-order valence-corrected chi connectivity index (χ1v) is 12.1. The summed E-state index contributed by atoms with van der Waals surface area (Å²) >= 11 is 0. The highest BCUT2D eigenvalue weighted by Gasteiger charge is 2.45. The van der Waals surface area contributed by atoms with Gasteiger partial charge >= 0.3 is 11.8 Å². The minimum atomic E-state index is -0.635. The van der Waals surface area contributed by atoms with Crippen molar-refractivity contribution < 1.29 is 9.59 Å². The van der Waals surface area contributed by atoms with Crippen molar-refractivity contribution in [3.8, 4) is 0 Å². The maximum Gasteiger partial charge on any atom is 0.313 e. The molecular weight excluding hydrogens is 408 g/mol. The molecule has 2 amide bonds. The van der Waals surface area contributed by atoms with Crippen molar-refractivity contribution >= 4 is 11.8 Å². The normalized spacial score (nSPS) is 18.2. The molecular formula is C29H46N2O2. The number of carbonyl (C=O) groups excluding carboxylic acids is 2. The molecule has 0 fully saturated rings. The third-order valence-corrected chi connectivity index (χ3v) is 6.09. The number of allylic oxidation sites excluding steroid dienone is 8. The highest BCUT2D eigenvalue weighted by atomic mass is 16.2. The van der Waals surface area contributed by atoms with Crippen molar-refractivity contribution in [2.45, 2.75) is 75.7 Å². The zero-order valence-electron chi connectivity index (χ0n) is 22.6. The lowest BCUT2D eigenvalue weighted by molar-refractivity contribution is -0.146. The third-order valence-electron chi connectivity index (χ3n) is 6.09. The van der Waals surface area contributed by atoms with Crippen LogP contribution in [0.5, 0.6) is 0 Å². The molecule has 0 aromatic carbocycles. The molecule has 2 rings (SSSR count). The van der Waals surface area contributed by atoms with Crippen LogP contribution in [0.3, 0.4) is 0 Å². The Kier molecular flexibility index (Phi) is 12.7. The van der Waals surface area contributed by atoms with Crippen LogP contribution in [0.25, 0.3) is 0 Å². The zero-order valence-corrected chi connectivity index (χ0v) is 22.6. The molecule has 1 N–H and O–H groups in total. The SMILES string of the molecule is C=C/C(=C\C=C(C)C)NC(=O)C(=O)N1CC2=C(C=CCC=C2)C(C)(C)C(C)(C)C1.CC.CC. The van der Waals surface area contributed by atoms with E-state index in [1.165, 1.54) is 5.57 Å². The number of hydrogen-bond donors (Lipinski definition) is 1. The van der Waals surface area contributed by atoms with Crippen LogP contribution in [0.15, 0.2) is 71.5 Å². The predicted molar refractivity (Wildman–Crippen MR) is 143 cm³/mol. The first-order valence-electron chi connectivity index (χ1n) is 12.1. The maximum absolute atomic E-state index is 13.1. The molecule has 1 aliphatic heterocycles. The minimum absolute atomic E-state index is 0.144. The van der Waals surface area contributed by atoms with Crippen molar-refractivity contribution in [2.75, 3.05) is 13.1 Å². The molecule has 0 aromatic rings. The number of amides is 2. The quantitative estimate of drug-likeness (QED) is 0.372. The van der Waals surface area contributed by atoms with Gasteiger partial charge in [0, 0.05) is 18.8 Å². The molecule has 2 aliphatic rings. The van der Waals surface area contributed by atoms with Gasteiger partial charge in [-0.2, -0.15) is 0 Å². The third kappa shape index (κ3) is 8.03. The first-order chi connectivity index (χ1) is 15.5. The summed E-state index contributed by atoms with van der Waals surface area (Å²) in [5.74, 6) is -1.15. The fourth-order valence-electron chi connectivity index (χ4n) is 3.61. The maximum atomic E-state index is 13.1. The number of carbonyl (C=O) groups is 2. The van der Waals surface area contributed by atoms with Gasteiger partial charge in [-0.25, -0.2) is 0 Å². The largest absolute Gasteiger partial charge is 0.330 e. The Labute approximate surface area is 202 Å². The topological polar surface area (TPSA) is 49.4 Å². The molecule has 4 nitrogen and oxygen atoms in total. The van der Waals surface area contributed by atoms with Gasteiger partial charge in [0.05, 0.1) is 0 Å². The van der Waals surface area contributed by atoms with Crippen LogP contribution in [0.1, 0.15) is 75.7 Å². The van der Waals surface area contributed by atoms with Crippen LogP contribution in [-0.2, 0) is 9.59 Å². The second-order valence-corrected chi connectivity index (χ2v) is 9.17. The number of nitrogens with zero attached hydrogens (tertiary/aromatic N) is 1.